The van der Waals surface area contributed by atoms with Crippen molar-refractivity contribution in [1.82, 2.24) is 4.31 Å². The number of anilines is 1. The number of thioether (sulfide) groups is 1. The first-order valence-electron chi connectivity index (χ1n) is 6.30. The van der Waals surface area contributed by atoms with Gasteiger partial charge in [-0.15, -0.1) is 0 Å². The molecule has 1 saturated heterocycles. The molecule has 0 saturated carbocycles. The van der Waals surface area contributed by atoms with Crippen molar-refractivity contribution in [2.24, 2.45) is 0 Å². The Morgan fingerprint density at radius 1 is 1.32 bits per heavy atom. The summed E-state index contributed by atoms with van der Waals surface area (Å²) in [6.45, 7) is 6.16. The smallest absolute Gasteiger partial charge is 0.243 e. The number of aryl methyl sites for hydroxylation is 2. The molecule has 1 fully saturated rings. The largest absolute Gasteiger partial charge is 0.399 e. The fourth-order valence-electron chi connectivity index (χ4n) is 2.58. The number of hydrogen-bond donors (Lipinski definition) is 1. The molecule has 19 heavy (non-hydrogen) atoms. The van der Waals surface area contributed by atoms with Crippen LogP contribution in [0.2, 0.25) is 0 Å². The monoisotopic (exact) mass is 300 g/mol. The highest BCUT2D eigenvalue weighted by molar-refractivity contribution is 7.99. The SMILES string of the molecule is Cc1cc(N)cc(C)c1S(=O)(=O)N1CCSCC1C. The number of nitrogen functional groups attached to an aromatic ring is 1. The second-order valence-corrected chi connectivity index (χ2v) is 8.00. The molecule has 4 nitrogen and oxygen atoms in total. The van der Waals surface area contributed by atoms with Gasteiger partial charge in [0.05, 0.1) is 4.90 Å². The average Bonchev–Trinajstić information content (AvgIpc) is 2.27. The van der Waals surface area contributed by atoms with E-state index in [2.05, 4.69) is 0 Å². The molecule has 6 heteroatoms. The predicted octanol–water partition coefficient (Wildman–Crippen LogP) is 2.01. The van der Waals surface area contributed by atoms with Crippen molar-refractivity contribution >= 4 is 27.5 Å². The van der Waals surface area contributed by atoms with Gasteiger partial charge >= 0.3 is 0 Å². The normalized spacial score (nSPS) is 21.5. The van der Waals surface area contributed by atoms with Crippen LogP contribution in [0.5, 0.6) is 0 Å². The van der Waals surface area contributed by atoms with E-state index in [9.17, 15) is 8.42 Å². The summed E-state index contributed by atoms with van der Waals surface area (Å²) >= 11 is 1.80. The van der Waals surface area contributed by atoms with Crippen molar-refractivity contribution in [3.63, 3.8) is 0 Å². The average molecular weight is 300 g/mol. The second kappa shape index (κ2) is 5.34. The minimum absolute atomic E-state index is 0.0418. The zero-order valence-electron chi connectivity index (χ0n) is 11.5. The van der Waals surface area contributed by atoms with Gasteiger partial charge in [0, 0.05) is 29.8 Å². The van der Waals surface area contributed by atoms with Crippen LogP contribution in [0.4, 0.5) is 5.69 Å². The van der Waals surface area contributed by atoms with Crippen molar-refractivity contribution in [1.29, 1.82) is 0 Å². The molecular weight excluding hydrogens is 280 g/mol. The van der Waals surface area contributed by atoms with Gasteiger partial charge in [-0.05, 0) is 44.0 Å². The Labute approximate surface area is 119 Å². The predicted molar refractivity (Wildman–Crippen MR) is 81.0 cm³/mol. The molecule has 1 aromatic carbocycles. The molecule has 2 rings (SSSR count). The van der Waals surface area contributed by atoms with E-state index in [4.69, 9.17) is 5.73 Å². The molecule has 1 aliphatic heterocycles. The van der Waals surface area contributed by atoms with Gasteiger partial charge in [0.25, 0.3) is 0 Å². The molecule has 1 heterocycles. The van der Waals surface area contributed by atoms with Crippen molar-refractivity contribution in [2.45, 2.75) is 31.7 Å². The van der Waals surface area contributed by atoms with E-state index < -0.39 is 10.0 Å². The van der Waals surface area contributed by atoms with Crippen molar-refractivity contribution < 1.29 is 8.42 Å². The Morgan fingerprint density at radius 2 is 1.89 bits per heavy atom. The van der Waals surface area contributed by atoms with Crippen LogP contribution >= 0.6 is 11.8 Å². The summed E-state index contributed by atoms with van der Waals surface area (Å²) in [5.74, 6) is 1.71. The summed E-state index contributed by atoms with van der Waals surface area (Å²) in [4.78, 5) is 0.417. The summed E-state index contributed by atoms with van der Waals surface area (Å²) in [5, 5.41) is 0. The fraction of sp³-hybridized carbons (Fsp3) is 0.538. The molecule has 1 aliphatic rings. The molecule has 106 valence electrons. The second-order valence-electron chi connectivity index (χ2n) is 5.02. The maximum atomic E-state index is 12.8. The van der Waals surface area contributed by atoms with Crippen LogP contribution < -0.4 is 5.73 Å². The van der Waals surface area contributed by atoms with Gasteiger partial charge in [-0.3, -0.25) is 0 Å². The van der Waals surface area contributed by atoms with Crippen LogP contribution in [0, 0.1) is 13.8 Å². The van der Waals surface area contributed by atoms with Gasteiger partial charge in [-0.2, -0.15) is 16.1 Å². The summed E-state index contributed by atoms with van der Waals surface area (Å²) < 4.78 is 27.3. The molecular formula is C13H20N2O2S2. The van der Waals surface area contributed by atoms with E-state index >= 15 is 0 Å². The summed E-state index contributed by atoms with van der Waals surface area (Å²) in [6.07, 6.45) is 0. The van der Waals surface area contributed by atoms with Gasteiger partial charge < -0.3 is 5.73 Å². The first-order valence-corrected chi connectivity index (χ1v) is 8.90. The van der Waals surface area contributed by atoms with Gasteiger partial charge in [0.15, 0.2) is 0 Å². The number of hydrogen-bond acceptors (Lipinski definition) is 4. The van der Waals surface area contributed by atoms with E-state index in [0.29, 0.717) is 17.1 Å². The molecule has 1 aromatic rings. The van der Waals surface area contributed by atoms with E-state index in [1.54, 1.807) is 42.0 Å². The van der Waals surface area contributed by atoms with E-state index in [1.165, 1.54) is 0 Å². The molecule has 0 amide bonds. The lowest BCUT2D eigenvalue weighted by Crippen LogP contribution is -2.44. The van der Waals surface area contributed by atoms with Crippen molar-refractivity contribution in [3.8, 4) is 0 Å². The first-order chi connectivity index (χ1) is 8.84. The standard InChI is InChI=1S/C13H20N2O2S2/c1-9-6-12(14)7-10(2)13(9)19(16,17)15-4-5-18-8-11(15)3/h6-7,11H,4-5,8,14H2,1-3H3. The maximum absolute atomic E-state index is 12.8. The zero-order chi connectivity index (χ0) is 14.2. The van der Waals surface area contributed by atoms with Crippen LogP contribution in [-0.4, -0.2) is 36.8 Å². The third kappa shape index (κ3) is 2.75. The van der Waals surface area contributed by atoms with Gasteiger partial charge in [-0.1, -0.05) is 0 Å². The molecule has 0 radical (unpaired) electrons. The minimum Gasteiger partial charge on any atom is -0.399 e. The maximum Gasteiger partial charge on any atom is 0.243 e. The van der Waals surface area contributed by atoms with Crippen LogP contribution in [0.15, 0.2) is 17.0 Å². The van der Waals surface area contributed by atoms with Crippen LogP contribution in [0.1, 0.15) is 18.1 Å². The highest BCUT2D eigenvalue weighted by Gasteiger charge is 2.33. The number of sulfonamides is 1. The molecule has 2 N–H and O–H groups in total. The fourth-order valence-corrected chi connectivity index (χ4v) is 5.85. The molecule has 0 bridgehead atoms. The summed E-state index contributed by atoms with van der Waals surface area (Å²) in [7, 11) is -3.42. The number of rotatable bonds is 2. The van der Waals surface area contributed by atoms with E-state index in [1.807, 2.05) is 6.92 Å². The Hall–Kier alpha value is -0.720. The Morgan fingerprint density at radius 3 is 2.42 bits per heavy atom. The third-order valence-electron chi connectivity index (χ3n) is 3.36. The molecule has 0 spiro atoms. The Balaban J connectivity index is 2.50. The van der Waals surface area contributed by atoms with Crippen molar-refractivity contribution in [3.05, 3.63) is 23.3 Å². The number of nitrogens with two attached hydrogens (primary N) is 1. The van der Waals surface area contributed by atoms with Crippen LogP contribution in [0.3, 0.4) is 0 Å². The molecule has 0 aromatic heterocycles. The zero-order valence-corrected chi connectivity index (χ0v) is 13.1. The summed E-state index contributed by atoms with van der Waals surface area (Å²) in [6, 6.07) is 3.49. The molecule has 0 aliphatic carbocycles. The number of benzene rings is 1. The third-order valence-corrected chi connectivity index (χ3v) is 6.87. The lowest BCUT2D eigenvalue weighted by atomic mass is 10.1. The van der Waals surface area contributed by atoms with Gasteiger partial charge in [0.1, 0.15) is 0 Å². The highest BCUT2D eigenvalue weighted by atomic mass is 32.2. The van der Waals surface area contributed by atoms with Crippen LogP contribution in [0.25, 0.3) is 0 Å². The van der Waals surface area contributed by atoms with E-state index in [-0.39, 0.29) is 6.04 Å². The Kier molecular flexibility index (Phi) is 4.13. The quantitative estimate of drug-likeness (QED) is 0.849. The van der Waals surface area contributed by atoms with E-state index in [0.717, 1.165) is 22.6 Å². The lowest BCUT2D eigenvalue weighted by Gasteiger charge is -2.32. The van der Waals surface area contributed by atoms with Crippen LogP contribution in [-0.2, 0) is 10.0 Å². The lowest BCUT2D eigenvalue weighted by molar-refractivity contribution is 0.367. The number of nitrogens with zero attached hydrogens (tertiary/aromatic N) is 1. The molecule has 1 unspecified atom stereocenters. The first kappa shape index (κ1) is 14.7. The van der Waals surface area contributed by atoms with Gasteiger partial charge in [0.2, 0.25) is 10.0 Å². The topological polar surface area (TPSA) is 63.4 Å². The van der Waals surface area contributed by atoms with Crippen molar-refractivity contribution in [2.75, 3.05) is 23.8 Å². The summed E-state index contributed by atoms with van der Waals surface area (Å²) in [5.41, 5.74) is 7.82. The van der Waals surface area contributed by atoms with Gasteiger partial charge in [-0.25, -0.2) is 8.42 Å². The highest BCUT2D eigenvalue weighted by Crippen LogP contribution is 2.29. The Bertz CT molecular complexity index is 561. The molecule has 1 atom stereocenters. The minimum atomic E-state index is -3.42.